The molecule has 102 valence electrons. The fourth-order valence-corrected chi connectivity index (χ4v) is 2.55. The minimum absolute atomic E-state index is 0.0532. The molecule has 0 aliphatic carbocycles. The number of halogens is 2. The highest BCUT2D eigenvalue weighted by Crippen LogP contribution is 2.24. The minimum Gasteiger partial charge on any atom is -0.313 e. The SMILES string of the molecule is CNC(Cc1cc(Br)ccc1F)c1cnn(C)c1C. The average Bonchev–Trinajstić information content (AvgIpc) is 2.71. The number of nitrogens with zero attached hydrogens (tertiary/aromatic N) is 2. The lowest BCUT2D eigenvalue weighted by Gasteiger charge is -2.16. The van der Waals surface area contributed by atoms with Gasteiger partial charge in [0.25, 0.3) is 0 Å². The molecular weight excluding hydrogens is 309 g/mol. The van der Waals surface area contributed by atoms with E-state index < -0.39 is 0 Å². The van der Waals surface area contributed by atoms with Gasteiger partial charge in [-0.1, -0.05) is 15.9 Å². The standard InChI is InChI=1S/C14H17BrFN3/c1-9-12(8-18-19(9)3)14(17-2)7-10-6-11(15)4-5-13(10)16/h4-6,8,14,17H,7H2,1-3H3. The first-order valence-electron chi connectivity index (χ1n) is 6.12. The van der Waals surface area contributed by atoms with Gasteiger partial charge in [-0.15, -0.1) is 0 Å². The quantitative estimate of drug-likeness (QED) is 0.935. The van der Waals surface area contributed by atoms with Gasteiger partial charge in [-0.05, 0) is 44.2 Å². The molecule has 1 atom stereocenters. The molecular formula is C14H17BrFN3. The topological polar surface area (TPSA) is 29.9 Å². The Kier molecular flexibility index (Phi) is 4.37. The molecule has 0 saturated carbocycles. The molecule has 0 aliphatic rings. The zero-order chi connectivity index (χ0) is 14.0. The number of hydrogen-bond acceptors (Lipinski definition) is 2. The normalized spacial score (nSPS) is 12.7. The molecule has 2 rings (SSSR count). The summed E-state index contributed by atoms with van der Waals surface area (Å²) in [5.41, 5.74) is 2.89. The Bertz CT molecular complexity index is 580. The second kappa shape index (κ2) is 5.84. The van der Waals surface area contributed by atoms with Crippen LogP contribution in [0.15, 0.2) is 28.9 Å². The Morgan fingerprint density at radius 3 is 2.79 bits per heavy atom. The van der Waals surface area contributed by atoms with E-state index in [1.54, 1.807) is 6.07 Å². The van der Waals surface area contributed by atoms with E-state index in [1.165, 1.54) is 6.07 Å². The number of hydrogen-bond donors (Lipinski definition) is 1. The van der Waals surface area contributed by atoms with Crippen molar-refractivity contribution in [1.82, 2.24) is 15.1 Å². The lowest BCUT2D eigenvalue weighted by Crippen LogP contribution is -2.20. The summed E-state index contributed by atoms with van der Waals surface area (Å²) in [7, 11) is 3.79. The largest absolute Gasteiger partial charge is 0.313 e. The van der Waals surface area contributed by atoms with E-state index in [0.29, 0.717) is 12.0 Å². The Labute approximate surface area is 121 Å². The summed E-state index contributed by atoms with van der Waals surface area (Å²) in [6.45, 7) is 2.02. The Morgan fingerprint density at radius 2 is 2.21 bits per heavy atom. The fraction of sp³-hybridized carbons (Fsp3) is 0.357. The number of likely N-dealkylation sites (N-methyl/N-ethyl adjacent to an activating group) is 1. The van der Waals surface area contributed by atoms with Gasteiger partial charge in [0, 0.05) is 28.8 Å². The van der Waals surface area contributed by atoms with Crippen LogP contribution in [0.2, 0.25) is 0 Å². The van der Waals surface area contributed by atoms with E-state index in [0.717, 1.165) is 15.7 Å². The maximum Gasteiger partial charge on any atom is 0.126 e. The minimum atomic E-state index is -0.176. The first-order valence-corrected chi connectivity index (χ1v) is 6.92. The number of nitrogens with one attached hydrogen (secondary N) is 1. The Hall–Kier alpha value is -1.20. The molecule has 5 heteroatoms. The summed E-state index contributed by atoms with van der Waals surface area (Å²) in [6.07, 6.45) is 2.43. The summed E-state index contributed by atoms with van der Waals surface area (Å²) in [4.78, 5) is 0. The van der Waals surface area contributed by atoms with Gasteiger partial charge in [-0.2, -0.15) is 5.10 Å². The lowest BCUT2D eigenvalue weighted by atomic mass is 9.99. The maximum atomic E-state index is 13.8. The van der Waals surface area contributed by atoms with Crippen molar-refractivity contribution in [3.8, 4) is 0 Å². The van der Waals surface area contributed by atoms with Gasteiger partial charge in [-0.3, -0.25) is 4.68 Å². The second-order valence-corrected chi connectivity index (χ2v) is 5.51. The van der Waals surface area contributed by atoms with Crippen molar-refractivity contribution in [1.29, 1.82) is 0 Å². The number of rotatable bonds is 4. The first kappa shape index (κ1) is 14.2. The van der Waals surface area contributed by atoms with E-state index in [9.17, 15) is 4.39 Å². The molecule has 3 nitrogen and oxygen atoms in total. The highest BCUT2D eigenvalue weighted by Gasteiger charge is 2.17. The zero-order valence-electron chi connectivity index (χ0n) is 11.2. The van der Waals surface area contributed by atoms with Crippen LogP contribution in [0.1, 0.15) is 22.9 Å². The number of benzene rings is 1. The van der Waals surface area contributed by atoms with Gasteiger partial charge >= 0.3 is 0 Å². The summed E-state index contributed by atoms with van der Waals surface area (Å²) < 4.78 is 16.5. The predicted octanol–water partition coefficient (Wildman–Crippen LogP) is 3.13. The van der Waals surface area contributed by atoms with Gasteiger partial charge in [0.15, 0.2) is 0 Å². The van der Waals surface area contributed by atoms with Gasteiger partial charge in [0.1, 0.15) is 5.82 Å². The predicted molar refractivity (Wildman–Crippen MR) is 77.5 cm³/mol. The fourth-order valence-electron chi connectivity index (χ4n) is 2.14. The lowest BCUT2D eigenvalue weighted by molar-refractivity contribution is 0.551. The van der Waals surface area contributed by atoms with Gasteiger partial charge in [-0.25, -0.2) is 4.39 Å². The molecule has 0 bridgehead atoms. The molecule has 1 aromatic carbocycles. The van der Waals surface area contributed by atoms with Gasteiger partial charge < -0.3 is 5.32 Å². The van der Waals surface area contributed by atoms with Crippen molar-refractivity contribution < 1.29 is 4.39 Å². The molecule has 19 heavy (non-hydrogen) atoms. The first-order chi connectivity index (χ1) is 9.02. The van der Waals surface area contributed by atoms with E-state index in [-0.39, 0.29) is 11.9 Å². The molecule has 1 N–H and O–H groups in total. The molecule has 0 saturated heterocycles. The summed E-state index contributed by atoms with van der Waals surface area (Å²) >= 11 is 3.38. The van der Waals surface area contributed by atoms with Crippen LogP contribution in [0.4, 0.5) is 4.39 Å². The van der Waals surface area contributed by atoms with Crippen molar-refractivity contribution in [3.63, 3.8) is 0 Å². The summed E-state index contributed by atoms with van der Waals surface area (Å²) in [5.74, 6) is -0.176. The molecule has 0 spiro atoms. The molecule has 2 aromatic rings. The van der Waals surface area contributed by atoms with Gasteiger partial charge in [0.2, 0.25) is 0 Å². The van der Waals surface area contributed by atoms with Crippen LogP contribution in [0.25, 0.3) is 0 Å². The van der Waals surface area contributed by atoms with Gasteiger partial charge in [0.05, 0.1) is 6.20 Å². The number of aromatic nitrogens is 2. The van der Waals surface area contributed by atoms with Crippen LogP contribution in [-0.4, -0.2) is 16.8 Å². The highest BCUT2D eigenvalue weighted by molar-refractivity contribution is 9.10. The van der Waals surface area contributed by atoms with Crippen molar-refractivity contribution in [2.75, 3.05) is 7.05 Å². The second-order valence-electron chi connectivity index (χ2n) is 4.59. The molecule has 1 aromatic heterocycles. The van der Waals surface area contributed by atoms with Crippen LogP contribution < -0.4 is 5.32 Å². The van der Waals surface area contributed by atoms with E-state index >= 15 is 0 Å². The van der Waals surface area contributed by atoms with Crippen LogP contribution in [-0.2, 0) is 13.5 Å². The van der Waals surface area contributed by atoms with E-state index in [2.05, 4.69) is 26.3 Å². The molecule has 0 fully saturated rings. The third kappa shape index (κ3) is 3.04. The van der Waals surface area contributed by atoms with Crippen LogP contribution in [0, 0.1) is 12.7 Å². The zero-order valence-corrected chi connectivity index (χ0v) is 12.8. The van der Waals surface area contributed by atoms with E-state index in [4.69, 9.17) is 0 Å². The van der Waals surface area contributed by atoms with Crippen molar-refractivity contribution in [3.05, 3.63) is 51.5 Å². The monoisotopic (exact) mass is 325 g/mol. The molecule has 1 heterocycles. The Balaban J connectivity index is 2.29. The van der Waals surface area contributed by atoms with Crippen molar-refractivity contribution >= 4 is 15.9 Å². The highest BCUT2D eigenvalue weighted by atomic mass is 79.9. The molecule has 0 amide bonds. The molecule has 1 unspecified atom stereocenters. The average molecular weight is 326 g/mol. The summed E-state index contributed by atoms with van der Waals surface area (Å²) in [5, 5.41) is 7.47. The third-order valence-electron chi connectivity index (χ3n) is 3.43. The van der Waals surface area contributed by atoms with Crippen molar-refractivity contribution in [2.45, 2.75) is 19.4 Å². The van der Waals surface area contributed by atoms with Crippen LogP contribution in [0.3, 0.4) is 0 Å². The molecule has 0 radical (unpaired) electrons. The molecule has 0 aliphatic heterocycles. The van der Waals surface area contributed by atoms with Crippen LogP contribution >= 0.6 is 15.9 Å². The smallest absolute Gasteiger partial charge is 0.126 e. The van der Waals surface area contributed by atoms with Crippen molar-refractivity contribution in [2.24, 2.45) is 7.05 Å². The van der Waals surface area contributed by atoms with Crippen LogP contribution in [0.5, 0.6) is 0 Å². The van der Waals surface area contributed by atoms with E-state index in [1.807, 2.05) is 38.0 Å². The maximum absolute atomic E-state index is 13.8. The number of aryl methyl sites for hydroxylation is 1. The third-order valence-corrected chi connectivity index (χ3v) is 3.92. The Morgan fingerprint density at radius 1 is 1.47 bits per heavy atom. The summed E-state index contributed by atoms with van der Waals surface area (Å²) in [6, 6.07) is 5.08.